The van der Waals surface area contributed by atoms with Crippen LogP contribution < -0.4 is 5.32 Å². The number of aliphatic hydroxyl groups is 2. The summed E-state index contributed by atoms with van der Waals surface area (Å²) in [5.74, 6) is 0. The van der Waals surface area contributed by atoms with Crippen LogP contribution in [0, 0.1) is 0 Å². The lowest BCUT2D eigenvalue weighted by molar-refractivity contribution is 0.201. The van der Waals surface area contributed by atoms with Crippen molar-refractivity contribution in [3.05, 3.63) is 30.1 Å². The maximum atomic E-state index is 9.08. The van der Waals surface area contributed by atoms with E-state index in [9.17, 15) is 0 Å². The monoisotopic (exact) mass is 249 g/mol. The van der Waals surface area contributed by atoms with Gasteiger partial charge >= 0.3 is 0 Å². The van der Waals surface area contributed by atoms with Gasteiger partial charge in [-0.1, -0.05) is 6.07 Å². The van der Waals surface area contributed by atoms with E-state index in [-0.39, 0.29) is 19.3 Å². The maximum Gasteiger partial charge on any atom is 0.0931 e. The Hall–Kier alpha value is -1.43. The number of H-pyrrole nitrogens is 1. The Morgan fingerprint density at radius 2 is 2.22 bits per heavy atom. The van der Waals surface area contributed by atoms with E-state index in [0.717, 1.165) is 24.0 Å². The van der Waals surface area contributed by atoms with Gasteiger partial charge in [0.15, 0.2) is 0 Å². The van der Waals surface area contributed by atoms with Crippen LogP contribution in [0.3, 0.4) is 0 Å². The third-order valence-corrected chi connectivity index (χ3v) is 3.03. The van der Waals surface area contributed by atoms with Gasteiger partial charge in [-0.25, -0.2) is 4.98 Å². The standard InChI is InChI=1S/C13H19N3O2/c17-6-4-11(8-18)14-5-3-10-1-2-12-13(7-10)16-9-15-12/h1-2,7,9,11,14,17-18H,3-6,8H2,(H,15,16). The average Bonchev–Trinajstić information content (AvgIpc) is 2.85. The highest BCUT2D eigenvalue weighted by Gasteiger charge is 2.05. The summed E-state index contributed by atoms with van der Waals surface area (Å²) < 4.78 is 0. The van der Waals surface area contributed by atoms with Gasteiger partial charge in [-0.2, -0.15) is 0 Å². The lowest BCUT2D eigenvalue weighted by atomic mass is 10.1. The fraction of sp³-hybridized carbons (Fsp3) is 0.462. The Morgan fingerprint density at radius 1 is 1.33 bits per heavy atom. The van der Waals surface area contributed by atoms with Crippen molar-refractivity contribution in [1.82, 2.24) is 15.3 Å². The number of aromatic nitrogens is 2. The van der Waals surface area contributed by atoms with Crippen LogP contribution >= 0.6 is 0 Å². The summed E-state index contributed by atoms with van der Waals surface area (Å²) in [6, 6.07) is 6.12. The molecule has 5 nitrogen and oxygen atoms in total. The molecule has 0 aliphatic heterocycles. The number of nitrogens with one attached hydrogen (secondary N) is 2. The molecule has 0 saturated heterocycles. The largest absolute Gasteiger partial charge is 0.396 e. The molecule has 0 amide bonds. The smallest absolute Gasteiger partial charge is 0.0931 e. The van der Waals surface area contributed by atoms with Crippen molar-refractivity contribution in [3.63, 3.8) is 0 Å². The first-order chi connectivity index (χ1) is 8.83. The summed E-state index contributed by atoms with van der Waals surface area (Å²) in [6.45, 7) is 0.934. The van der Waals surface area contributed by atoms with E-state index in [1.165, 1.54) is 5.56 Å². The molecule has 0 radical (unpaired) electrons. The third-order valence-electron chi connectivity index (χ3n) is 3.03. The number of fused-ring (bicyclic) bond motifs is 1. The summed E-state index contributed by atoms with van der Waals surface area (Å²) in [6.07, 6.45) is 3.16. The van der Waals surface area contributed by atoms with E-state index >= 15 is 0 Å². The Morgan fingerprint density at radius 3 is 3.00 bits per heavy atom. The van der Waals surface area contributed by atoms with Gasteiger partial charge in [-0.05, 0) is 37.1 Å². The second-order valence-corrected chi connectivity index (χ2v) is 4.35. The number of nitrogens with zero attached hydrogens (tertiary/aromatic N) is 1. The van der Waals surface area contributed by atoms with Gasteiger partial charge in [0.1, 0.15) is 0 Å². The van der Waals surface area contributed by atoms with Gasteiger partial charge in [0.2, 0.25) is 0 Å². The Balaban J connectivity index is 1.85. The number of aromatic amines is 1. The average molecular weight is 249 g/mol. The number of aliphatic hydroxyl groups excluding tert-OH is 2. The lowest BCUT2D eigenvalue weighted by Gasteiger charge is -2.14. The van der Waals surface area contributed by atoms with Crippen molar-refractivity contribution < 1.29 is 10.2 Å². The van der Waals surface area contributed by atoms with Crippen LogP contribution in [0.2, 0.25) is 0 Å². The molecule has 0 spiro atoms. The second kappa shape index (κ2) is 6.49. The van der Waals surface area contributed by atoms with Crippen LogP contribution in [0.15, 0.2) is 24.5 Å². The first-order valence-electron chi connectivity index (χ1n) is 6.20. The Kier molecular flexibility index (Phi) is 4.69. The minimum Gasteiger partial charge on any atom is -0.396 e. The van der Waals surface area contributed by atoms with Crippen LogP contribution in [-0.4, -0.2) is 46.0 Å². The Labute approximate surface area is 106 Å². The zero-order valence-corrected chi connectivity index (χ0v) is 10.3. The SMILES string of the molecule is OCCC(CO)NCCc1ccc2nc[nH]c2c1. The summed E-state index contributed by atoms with van der Waals surface area (Å²) in [5, 5.41) is 21.1. The van der Waals surface area contributed by atoms with E-state index in [1.807, 2.05) is 6.07 Å². The molecule has 4 N–H and O–H groups in total. The maximum absolute atomic E-state index is 9.08. The van der Waals surface area contributed by atoms with Crippen LogP contribution in [0.5, 0.6) is 0 Å². The topological polar surface area (TPSA) is 81.2 Å². The van der Waals surface area contributed by atoms with Crippen molar-refractivity contribution >= 4 is 11.0 Å². The molecule has 1 aromatic heterocycles. The van der Waals surface area contributed by atoms with E-state index < -0.39 is 0 Å². The molecule has 0 aliphatic rings. The van der Waals surface area contributed by atoms with E-state index in [1.54, 1.807) is 6.33 Å². The van der Waals surface area contributed by atoms with Crippen LogP contribution in [0.4, 0.5) is 0 Å². The number of hydrogen-bond acceptors (Lipinski definition) is 4. The highest BCUT2D eigenvalue weighted by Crippen LogP contribution is 2.11. The number of rotatable bonds is 7. The predicted molar refractivity (Wildman–Crippen MR) is 70.4 cm³/mol. The fourth-order valence-corrected chi connectivity index (χ4v) is 1.97. The zero-order valence-electron chi connectivity index (χ0n) is 10.3. The number of hydrogen-bond donors (Lipinski definition) is 4. The molecule has 1 unspecified atom stereocenters. The van der Waals surface area contributed by atoms with Gasteiger partial charge < -0.3 is 20.5 Å². The number of benzene rings is 1. The van der Waals surface area contributed by atoms with Gasteiger partial charge in [-0.3, -0.25) is 0 Å². The molecular weight excluding hydrogens is 230 g/mol. The van der Waals surface area contributed by atoms with E-state index in [0.29, 0.717) is 6.42 Å². The molecule has 2 rings (SSSR count). The summed E-state index contributed by atoms with van der Waals surface area (Å²) in [5.41, 5.74) is 3.24. The normalized spacial score (nSPS) is 13.0. The molecule has 2 aromatic rings. The minimum absolute atomic E-state index is 0.0223. The van der Waals surface area contributed by atoms with Crippen LogP contribution in [-0.2, 0) is 6.42 Å². The molecule has 1 atom stereocenters. The van der Waals surface area contributed by atoms with Crippen molar-refractivity contribution in [2.24, 2.45) is 0 Å². The summed E-state index contributed by atoms with van der Waals surface area (Å²) >= 11 is 0. The molecular formula is C13H19N3O2. The molecule has 0 bridgehead atoms. The molecule has 0 fully saturated rings. The second-order valence-electron chi connectivity index (χ2n) is 4.35. The highest BCUT2D eigenvalue weighted by atomic mass is 16.3. The third kappa shape index (κ3) is 3.29. The molecule has 1 heterocycles. The van der Waals surface area contributed by atoms with E-state index in [2.05, 4.69) is 27.4 Å². The number of imidazole rings is 1. The minimum atomic E-state index is -0.0223. The zero-order chi connectivity index (χ0) is 12.8. The first kappa shape index (κ1) is 13.0. The predicted octanol–water partition coefficient (Wildman–Crippen LogP) is 0.438. The lowest BCUT2D eigenvalue weighted by Crippen LogP contribution is -2.34. The highest BCUT2D eigenvalue weighted by molar-refractivity contribution is 5.75. The van der Waals surface area contributed by atoms with Crippen molar-refractivity contribution in [2.75, 3.05) is 19.8 Å². The van der Waals surface area contributed by atoms with Crippen LogP contribution in [0.1, 0.15) is 12.0 Å². The molecule has 0 saturated carbocycles. The molecule has 5 heteroatoms. The molecule has 98 valence electrons. The van der Waals surface area contributed by atoms with Crippen molar-refractivity contribution in [1.29, 1.82) is 0 Å². The first-order valence-corrected chi connectivity index (χ1v) is 6.20. The fourth-order valence-electron chi connectivity index (χ4n) is 1.97. The quantitative estimate of drug-likeness (QED) is 0.574. The van der Waals surface area contributed by atoms with Gasteiger partial charge in [-0.15, -0.1) is 0 Å². The van der Waals surface area contributed by atoms with Gasteiger partial charge in [0.05, 0.1) is 24.0 Å². The van der Waals surface area contributed by atoms with Crippen molar-refractivity contribution in [2.45, 2.75) is 18.9 Å². The summed E-state index contributed by atoms with van der Waals surface area (Å²) in [4.78, 5) is 7.26. The van der Waals surface area contributed by atoms with Gasteiger partial charge in [0.25, 0.3) is 0 Å². The van der Waals surface area contributed by atoms with Gasteiger partial charge in [0, 0.05) is 12.6 Å². The van der Waals surface area contributed by atoms with Crippen molar-refractivity contribution in [3.8, 4) is 0 Å². The Bertz CT molecular complexity index is 484. The van der Waals surface area contributed by atoms with E-state index in [4.69, 9.17) is 10.2 Å². The molecule has 1 aromatic carbocycles. The summed E-state index contributed by atoms with van der Waals surface area (Å²) in [7, 11) is 0. The van der Waals surface area contributed by atoms with Crippen LogP contribution in [0.25, 0.3) is 11.0 Å². The molecule has 0 aliphatic carbocycles. The molecule has 18 heavy (non-hydrogen) atoms.